The van der Waals surface area contributed by atoms with Gasteiger partial charge < -0.3 is 14.2 Å². The van der Waals surface area contributed by atoms with Crippen molar-refractivity contribution in [3.05, 3.63) is 0 Å². The lowest BCUT2D eigenvalue weighted by Gasteiger charge is -2.14. The van der Waals surface area contributed by atoms with E-state index in [0.29, 0.717) is 18.4 Å². The third kappa shape index (κ3) is 2.49. The molecule has 0 heterocycles. The first-order valence-electron chi connectivity index (χ1n) is 5.14. The van der Waals surface area contributed by atoms with Gasteiger partial charge in [-0.15, -0.1) is 0 Å². The molecule has 2 unspecified atom stereocenters. The first-order chi connectivity index (χ1) is 6.95. The topological polar surface area (TPSA) is 44.8 Å². The molecule has 88 valence electrons. The Bertz CT molecular complexity index is 233. The normalized spacial score (nSPS) is 27.9. The van der Waals surface area contributed by atoms with Gasteiger partial charge in [0, 0.05) is 33.0 Å². The summed E-state index contributed by atoms with van der Waals surface area (Å²) in [6.45, 7) is 6.15. The van der Waals surface area contributed by atoms with E-state index in [0.717, 1.165) is 0 Å². The SMILES string of the molecule is COC(OC)C1C(COC(C)=O)C1(C)C. The molecule has 0 amide bonds. The lowest BCUT2D eigenvalue weighted by molar-refractivity contribution is -0.143. The van der Waals surface area contributed by atoms with Crippen LogP contribution in [-0.4, -0.2) is 33.1 Å². The summed E-state index contributed by atoms with van der Waals surface area (Å²) < 4.78 is 15.5. The van der Waals surface area contributed by atoms with Gasteiger partial charge in [-0.1, -0.05) is 13.8 Å². The number of methoxy groups -OCH3 is 2. The van der Waals surface area contributed by atoms with Gasteiger partial charge in [-0.2, -0.15) is 0 Å². The van der Waals surface area contributed by atoms with Crippen LogP contribution in [0, 0.1) is 17.3 Å². The van der Waals surface area contributed by atoms with Crippen LogP contribution in [0.25, 0.3) is 0 Å². The molecule has 1 saturated carbocycles. The molecule has 0 saturated heterocycles. The van der Waals surface area contributed by atoms with E-state index in [4.69, 9.17) is 14.2 Å². The van der Waals surface area contributed by atoms with Gasteiger partial charge in [0.2, 0.25) is 0 Å². The van der Waals surface area contributed by atoms with Crippen LogP contribution in [0.15, 0.2) is 0 Å². The predicted octanol–water partition coefficient (Wildman–Crippen LogP) is 1.44. The molecule has 0 spiro atoms. The monoisotopic (exact) mass is 216 g/mol. The first-order valence-corrected chi connectivity index (χ1v) is 5.14. The second kappa shape index (κ2) is 4.49. The van der Waals surface area contributed by atoms with E-state index in [9.17, 15) is 4.79 Å². The van der Waals surface area contributed by atoms with Crippen molar-refractivity contribution in [2.24, 2.45) is 17.3 Å². The Morgan fingerprint density at radius 2 is 1.87 bits per heavy atom. The van der Waals surface area contributed by atoms with E-state index in [1.165, 1.54) is 6.92 Å². The van der Waals surface area contributed by atoms with E-state index < -0.39 is 0 Å². The number of rotatable bonds is 5. The van der Waals surface area contributed by atoms with E-state index >= 15 is 0 Å². The quantitative estimate of drug-likeness (QED) is 0.515. The molecule has 1 fully saturated rings. The standard InChI is InChI=1S/C11H20O4/c1-7(12)15-6-8-9(11(8,2)3)10(13-4)14-5/h8-10H,6H2,1-5H3. The van der Waals surface area contributed by atoms with Crippen molar-refractivity contribution >= 4 is 5.97 Å². The zero-order chi connectivity index (χ0) is 11.6. The van der Waals surface area contributed by atoms with Crippen LogP contribution in [0.1, 0.15) is 20.8 Å². The van der Waals surface area contributed by atoms with Crippen molar-refractivity contribution in [3.8, 4) is 0 Å². The molecule has 1 aliphatic rings. The third-order valence-corrected chi connectivity index (χ3v) is 3.36. The van der Waals surface area contributed by atoms with Crippen molar-refractivity contribution < 1.29 is 19.0 Å². The van der Waals surface area contributed by atoms with Crippen molar-refractivity contribution in [2.45, 2.75) is 27.1 Å². The van der Waals surface area contributed by atoms with Crippen LogP contribution in [-0.2, 0) is 19.0 Å². The third-order valence-electron chi connectivity index (χ3n) is 3.36. The minimum atomic E-state index is -0.233. The molecule has 1 aliphatic carbocycles. The van der Waals surface area contributed by atoms with Gasteiger partial charge in [-0.05, 0) is 5.41 Å². The number of carbonyl (C=O) groups excluding carboxylic acids is 1. The fourth-order valence-corrected chi connectivity index (χ4v) is 2.24. The molecule has 0 aromatic heterocycles. The van der Waals surface area contributed by atoms with E-state index in [2.05, 4.69) is 13.8 Å². The Balaban J connectivity index is 2.50. The maximum absolute atomic E-state index is 10.7. The van der Waals surface area contributed by atoms with Gasteiger partial charge in [-0.3, -0.25) is 4.79 Å². The molecule has 0 bridgehead atoms. The minimum absolute atomic E-state index is 0.117. The second-order valence-corrected chi connectivity index (χ2v) is 4.60. The molecular formula is C11H20O4. The Labute approximate surface area is 90.9 Å². The predicted molar refractivity (Wildman–Crippen MR) is 55.2 cm³/mol. The Morgan fingerprint density at radius 3 is 2.27 bits per heavy atom. The van der Waals surface area contributed by atoms with Gasteiger partial charge in [0.1, 0.15) is 0 Å². The zero-order valence-corrected chi connectivity index (χ0v) is 10.1. The largest absolute Gasteiger partial charge is 0.466 e. The highest BCUT2D eigenvalue weighted by atomic mass is 16.7. The maximum atomic E-state index is 10.7. The number of carbonyl (C=O) groups is 1. The molecular weight excluding hydrogens is 196 g/mol. The molecule has 0 radical (unpaired) electrons. The van der Waals surface area contributed by atoms with E-state index in [1.54, 1.807) is 14.2 Å². The molecule has 0 N–H and O–H groups in total. The second-order valence-electron chi connectivity index (χ2n) is 4.60. The summed E-state index contributed by atoms with van der Waals surface area (Å²) >= 11 is 0. The highest BCUT2D eigenvalue weighted by Crippen LogP contribution is 2.60. The van der Waals surface area contributed by atoms with Crippen molar-refractivity contribution in [1.29, 1.82) is 0 Å². The smallest absolute Gasteiger partial charge is 0.302 e. The van der Waals surface area contributed by atoms with Crippen molar-refractivity contribution in [3.63, 3.8) is 0 Å². The minimum Gasteiger partial charge on any atom is -0.466 e. The molecule has 2 atom stereocenters. The Kier molecular flexibility index (Phi) is 3.73. The van der Waals surface area contributed by atoms with Gasteiger partial charge in [-0.25, -0.2) is 0 Å². The van der Waals surface area contributed by atoms with Gasteiger partial charge in [0.25, 0.3) is 0 Å². The van der Waals surface area contributed by atoms with Gasteiger partial charge in [0.15, 0.2) is 6.29 Å². The fraction of sp³-hybridized carbons (Fsp3) is 0.909. The molecule has 15 heavy (non-hydrogen) atoms. The van der Waals surface area contributed by atoms with Crippen LogP contribution in [0.2, 0.25) is 0 Å². The summed E-state index contributed by atoms with van der Waals surface area (Å²) in [5, 5.41) is 0. The molecule has 1 rings (SSSR count). The maximum Gasteiger partial charge on any atom is 0.302 e. The van der Waals surface area contributed by atoms with Crippen LogP contribution >= 0.6 is 0 Å². The van der Waals surface area contributed by atoms with Crippen LogP contribution in [0.3, 0.4) is 0 Å². The highest BCUT2D eigenvalue weighted by Gasteiger charge is 2.62. The Hall–Kier alpha value is -0.610. The van der Waals surface area contributed by atoms with Crippen molar-refractivity contribution in [2.75, 3.05) is 20.8 Å². The molecule has 0 aromatic carbocycles. The number of hydrogen-bond donors (Lipinski definition) is 0. The molecule has 0 aromatic rings. The van der Waals surface area contributed by atoms with Crippen LogP contribution in [0.5, 0.6) is 0 Å². The van der Waals surface area contributed by atoms with Gasteiger partial charge in [0.05, 0.1) is 6.61 Å². The number of hydrogen-bond acceptors (Lipinski definition) is 4. The zero-order valence-electron chi connectivity index (χ0n) is 10.1. The van der Waals surface area contributed by atoms with E-state index in [-0.39, 0.29) is 17.7 Å². The highest BCUT2D eigenvalue weighted by molar-refractivity contribution is 5.65. The summed E-state index contributed by atoms with van der Waals surface area (Å²) in [7, 11) is 3.26. The lowest BCUT2D eigenvalue weighted by atomic mass is 10.1. The molecule has 4 nitrogen and oxygen atoms in total. The summed E-state index contributed by atoms with van der Waals surface area (Å²) in [6, 6.07) is 0. The molecule has 0 aliphatic heterocycles. The number of esters is 1. The summed E-state index contributed by atoms with van der Waals surface area (Å²) in [5.74, 6) is 0.390. The average Bonchev–Trinajstić information content (AvgIpc) is 2.68. The van der Waals surface area contributed by atoms with Crippen LogP contribution in [0.4, 0.5) is 0 Å². The van der Waals surface area contributed by atoms with Gasteiger partial charge >= 0.3 is 5.97 Å². The summed E-state index contributed by atoms with van der Waals surface area (Å²) in [5.41, 5.74) is 0.117. The van der Waals surface area contributed by atoms with E-state index in [1.807, 2.05) is 0 Å². The summed E-state index contributed by atoms with van der Waals surface area (Å²) in [6.07, 6.45) is -0.208. The fourth-order valence-electron chi connectivity index (χ4n) is 2.24. The van der Waals surface area contributed by atoms with Crippen LogP contribution < -0.4 is 0 Å². The Morgan fingerprint density at radius 1 is 1.33 bits per heavy atom. The van der Waals surface area contributed by atoms with Crippen molar-refractivity contribution in [1.82, 2.24) is 0 Å². The average molecular weight is 216 g/mol. The summed E-state index contributed by atoms with van der Waals surface area (Å²) in [4.78, 5) is 10.7. The first kappa shape index (κ1) is 12.5. The number of ether oxygens (including phenoxy) is 3. The lowest BCUT2D eigenvalue weighted by Crippen LogP contribution is -2.19. The molecule has 4 heteroatoms.